The maximum Gasteiger partial charge on any atom is 0.184 e. The summed E-state index contributed by atoms with van der Waals surface area (Å²) < 4.78 is 5.36. The minimum Gasteiger partial charge on any atom is -0.372 e. The van der Waals surface area contributed by atoms with Crippen LogP contribution in [0.4, 0.5) is 0 Å². The summed E-state index contributed by atoms with van der Waals surface area (Å²) in [6, 6.07) is 15.2. The first-order chi connectivity index (χ1) is 10.2. The van der Waals surface area contributed by atoms with Crippen LogP contribution in [0.1, 0.15) is 38.5 Å². The zero-order chi connectivity index (χ0) is 14.8. The van der Waals surface area contributed by atoms with Crippen LogP contribution in [0.15, 0.2) is 42.5 Å². The van der Waals surface area contributed by atoms with E-state index < -0.39 is 5.92 Å². The number of ether oxygens (including phenoxy) is 1. The van der Waals surface area contributed by atoms with E-state index in [1.165, 1.54) is 0 Å². The van der Waals surface area contributed by atoms with Gasteiger partial charge in [-0.1, -0.05) is 36.4 Å². The minimum atomic E-state index is -0.758. The Morgan fingerprint density at radius 2 is 1.95 bits per heavy atom. The molecule has 104 valence electrons. The molecule has 3 nitrogen and oxygen atoms in total. The van der Waals surface area contributed by atoms with Crippen LogP contribution in [-0.4, -0.2) is 5.78 Å². The summed E-state index contributed by atoms with van der Waals surface area (Å²) >= 11 is 0. The van der Waals surface area contributed by atoms with Gasteiger partial charge in [-0.2, -0.15) is 5.26 Å². The standard InChI is InChI=1S/C18H15NO2/c1-12-4-2-3-5-16(12)17(9-19)18(20)13-6-7-14-10-21-11-15(14)8-13/h2-8,17H,10-11H2,1H3. The zero-order valence-corrected chi connectivity index (χ0v) is 11.8. The summed E-state index contributed by atoms with van der Waals surface area (Å²) in [5, 5.41) is 9.43. The molecule has 0 saturated heterocycles. The summed E-state index contributed by atoms with van der Waals surface area (Å²) in [5.74, 6) is -0.909. The highest BCUT2D eigenvalue weighted by molar-refractivity contribution is 6.03. The Morgan fingerprint density at radius 1 is 1.19 bits per heavy atom. The smallest absolute Gasteiger partial charge is 0.184 e. The van der Waals surface area contributed by atoms with Gasteiger partial charge in [0.25, 0.3) is 0 Å². The molecule has 1 atom stereocenters. The lowest BCUT2D eigenvalue weighted by Crippen LogP contribution is -2.12. The van der Waals surface area contributed by atoms with Gasteiger partial charge in [0.1, 0.15) is 5.92 Å². The van der Waals surface area contributed by atoms with Crippen LogP contribution >= 0.6 is 0 Å². The second-order valence-corrected chi connectivity index (χ2v) is 5.26. The van der Waals surface area contributed by atoms with E-state index in [9.17, 15) is 10.1 Å². The molecule has 0 amide bonds. The van der Waals surface area contributed by atoms with E-state index in [1.807, 2.05) is 43.3 Å². The summed E-state index contributed by atoms with van der Waals surface area (Å²) in [5.41, 5.74) is 4.48. The summed E-state index contributed by atoms with van der Waals surface area (Å²) in [4.78, 5) is 12.7. The monoisotopic (exact) mass is 277 g/mol. The van der Waals surface area contributed by atoms with Gasteiger partial charge in [-0.05, 0) is 35.2 Å². The van der Waals surface area contributed by atoms with Gasteiger partial charge >= 0.3 is 0 Å². The van der Waals surface area contributed by atoms with Crippen LogP contribution in [0.2, 0.25) is 0 Å². The van der Waals surface area contributed by atoms with Gasteiger partial charge in [0.15, 0.2) is 5.78 Å². The highest BCUT2D eigenvalue weighted by atomic mass is 16.5. The topological polar surface area (TPSA) is 50.1 Å². The number of hydrogen-bond donors (Lipinski definition) is 0. The SMILES string of the molecule is Cc1ccccc1C(C#N)C(=O)c1ccc2c(c1)COC2. The zero-order valence-electron chi connectivity index (χ0n) is 11.8. The fraction of sp³-hybridized carbons (Fsp3) is 0.222. The molecule has 2 aromatic rings. The van der Waals surface area contributed by atoms with Crippen LogP contribution in [0.25, 0.3) is 0 Å². The van der Waals surface area contributed by atoms with Crippen molar-refractivity contribution in [3.05, 3.63) is 70.3 Å². The quantitative estimate of drug-likeness (QED) is 0.807. The van der Waals surface area contributed by atoms with Crippen LogP contribution in [0.5, 0.6) is 0 Å². The molecule has 3 heteroatoms. The third-order valence-electron chi connectivity index (χ3n) is 3.90. The molecular weight excluding hydrogens is 262 g/mol. The maximum absolute atomic E-state index is 12.7. The van der Waals surface area contributed by atoms with Gasteiger partial charge in [-0.25, -0.2) is 0 Å². The first kappa shape index (κ1) is 13.5. The third-order valence-corrected chi connectivity index (χ3v) is 3.90. The molecule has 3 rings (SSSR count). The Balaban J connectivity index is 1.97. The van der Waals surface area contributed by atoms with Gasteiger partial charge in [-0.15, -0.1) is 0 Å². The highest BCUT2D eigenvalue weighted by Gasteiger charge is 2.24. The number of Topliss-reactive ketones (excluding diaryl/α,β-unsaturated/α-hetero) is 1. The Bertz CT molecular complexity index is 743. The average molecular weight is 277 g/mol. The normalized spacial score (nSPS) is 14.3. The van der Waals surface area contributed by atoms with Gasteiger partial charge in [0.2, 0.25) is 0 Å². The van der Waals surface area contributed by atoms with Crippen molar-refractivity contribution in [1.82, 2.24) is 0 Å². The van der Waals surface area contributed by atoms with Crippen LogP contribution in [-0.2, 0) is 18.0 Å². The van der Waals surface area contributed by atoms with Crippen LogP contribution < -0.4 is 0 Å². The lowest BCUT2D eigenvalue weighted by Gasteiger charge is -2.12. The number of carbonyl (C=O) groups excluding carboxylic acids is 1. The molecule has 0 fully saturated rings. The molecule has 1 aliphatic heterocycles. The van der Waals surface area contributed by atoms with Crippen molar-refractivity contribution in [3.63, 3.8) is 0 Å². The van der Waals surface area contributed by atoms with Gasteiger partial charge in [0.05, 0.1) is 19.3 Å². The van der Waals surface area contributed by atoms with E-state index in [2.05, 4.69) is 6.07 Å². The Morgan fingerprint density at radius 3 is 2.71 bits per heavy atom. The van der Waals surface area contributed by atoms with Crippen LogP contribution in [0.3, 0.4) is 0 Å². The molecular formula is C18H15NO2. The second-order valence-electron chi connectivity index (χ2n) is 5.26. The van der Waals surface area contributed by atoms with Gasteiger partial charge in [-0.3, -0.25) is 4.79 Å². The van der Waals surface area contributed by atoms with E-state index in [0.29, 0.717) is 18.8 Å². The Kier molecular flexibility index (Phi) is 3.55. The number of ketones is 1. The first-order valence-electron chi connectivity index (χ1n) is 6.89. The highest BCUT2D eigenvalue weighted by Crippen LogP contribution is 2.26. The molecule has 0 saturated carbocycles. The molecule has 0 radical (unpaired) electrons. The van der Waals surface area contributed by atoms with E-state index in [4.69, 9.17) is 4.74 Å². The van der Waals surface area contributed by atoms with Crippen molar-refractivity contribution in [2.75, 3.05) is 0 Å². The van der Waals surface area contributed by atoms with Gasteiger partial charge < -0.3 is 4.74 Å². The van der Waals surface area contributed by atoms with E-state index in [0.717, 1.165) is 22.3 Å². The molecule has 1 heterocycles. The predicted octanol–water partition coefficient (Wildman–Crippen LogP) is 3.52. The predicted molar refractivity (Wildman–Crippen MR) is 78.8 cm³/mol. The van der Waals surface area contributed by atoms with Crippen molar-refractivity contribution in [2.45, 2.75) is 26.1 Å². The minimum absolute atomic E-state index is 0.151. The molecule has 1 unspecified atom stereocenters. The van der Waals surface area contributed by atoms with Crippen molar-refractivity contribution in [3.8, 4) is 6.07 Å². The first-order valence-corrected chi connectivity index (χ1v) is 6.89. The number of carbonyl (C=O) groups is 1. The van der Waals surface area contributed by atoms with E-state index in [-0.39, 0.29) is 5.78 Å². The van der Waals surface area contributed by atoms with Crippen molar-refractivity contribution < 1.29 is 9.53 Å². The lowest BCUT2D eigenvalue weighted by atomic mass is 9.88. The molecule has 1 aliphatic rings. The molecule has 0 spiro atoms. The number of aryl methyl sites for hydroxylation is 1. The van der Waals surface area contributed by atoms with E-state index >= 15 is 0 Å². The second kappa shape index (κ2) is 5.51. The average Bonchev–Trinajstić information content (AvgIpc) is 2.97. The van der Waals surface area contributed by atoms with Crippen molar-refractivity contribution in [2.24, 2.45) is 0 Å². The largest absolute Gasteiger partial charge is 0.372 e. The molecule has 0 aliphatic carbocycles. The number of hydrogen-bond acceptors (Lipinski definition) is 3. The molecule has 21 heavy (non-hydrogen) atoms. The molecule has 2 aromatic carbocycles. The number of fused-ring (bicyclic) bond motifs is 1. The maximum atomic E-state index is 12.7. The molecule has 0 aromatic heterocycles. The fourth-order valence-corrected chi connectivity index (χ4v) is 2.67. The Hall–Kier alpha value is -2.44. The molecule has 0 bridgehead atoms. The lowest BCUT2D eigenvalue weighted by molar-refractivity contribution is 0.0978. The third kappa shape index (κ3) is 2.46. The van der Waals surface area contributed by atoms with Gasteiger partial charge in [0, 0.05) is 5.56 Å². The van der Waals surface area contributed by atoms with E-state index in [1.54, 1.807) is 6.07 Å². The summed E-state index contributed by atoms with van der Waals surface area (Å²) in [6.07, 6.45) is 0. The van der Waals surface area contributed by atoms with Crippen molar-refractivity contribution in [1.29, 1.82) is 5.26 Å². The van der Waals surface area contributed by atoms with Crippen molar-refractivity contribution >= 4 is 5.78 Å². The fourth-order valence-electron chi connectivity index (χ4n) is 2.67. The summed E-state index contributed by atoms with van der Waals surface area (Å²) in [7, 11) is 0. The summed E-state index contributed by atoms with van der Waals surface area (Å²) in [6.45, 7) is 3.06. The Labute approximate surface area is 123 Å². The molecule has 0 N–H and O–H groups in total. The number of rotatable bonds is 3. The number of benzene rings is 2. The number of nitriles is 1. The number of nitrogens with zero attached hydrogens (tertiary/aromatic N) is 1. The van der Waals surface area contributed by atoms with Crippen LogP contribution in [0, 0.1) is 18.3 Å².